The Kier molecular flexibility index (Phi) is 6.65. The molecule has 2 heteroatoms. The van der Waals surface area contributed by atoms with E-state index in [0.29, 0.717) is 0 Å². The molecule has 78 valence electrons. The van der Waals surface area contributed by atoms with Crippen LogP contribution in [0.15, 0.2) is 0 Å². The van der Waals surface area contributed by atoms with Crippen molar-refractivity contribution in [2.24, 2.45) is 5.92 Å². The quantitative estimate of drug-likeness (QED) is 0.517. The highest BCUT2D eigenvalue weighted by molar-refractivity contribution is 6.17. The van der Waals surface area contributed by atoms with Crippen molar-refractivity contribution in [1.29, 1.82) is 0 Å². The molecule has 0 spiro atoms. The summed E-state index contributed by atoms with van der Waals surface area (Å²) in [4.78, 5) is 0. The second-order valence-corrected chi connectivity index (χ2v) is 4.46. The maximum Gasteiger partial charge on any atom is 0.0235 e. The van der Waals surface area contributed by atoms with Crippen LogP contribution in [0, 0.1) is 5.92 Å². The molecule has 1 nitrogen and oxygen atoms in total. The molecule has 1 saturated carbocycles. The van der Waals surface area contributed by atoms with Crippen molar-refractivity contribution in [2.75, 3.05) is 19.0 Å². The van der Waals surface area contributed by atoms with E-state index in [4.69, 9.17) is 11.6 Å². The molecule has 0 aromatic heterocycles. The monoisotopic (exact) mass is 203 g/mol. The molecule has 0 heterocycles. The predicted octanol–water partition coefficient (Wildman–Crippen LogP) is 3.18. The number of rotatable bonds is 6. The standard InChI is InChI=1S/C11H22ClN/c12-8-4-9-13-10-7-11-5-2-1-3-6-11/h11,13H,1-10H2. The first-order chi connectivity index (χ1) is 6.43. The fourth-order valence-electron chi connectivity index (χ4n) is 2.10. The van der Waals surface area contributed by atoms with E-state index in [9.17, 15) is 0 Å². The van der Waals surface area contributed by atoms with Crippen molar-refractivity contribution in [1.82, 2.24) is 5.32 Å². The number of nitrogens with one attached hydrogen (secondary N) is 1. The van der Waals surface area contributed by atoms with Crippen LogP contribution in [0.4, 0.5) is 0 Å². The van der Waals surface area contributed by atoms with Crippen LogP contribution in [0.25, 0.3) is 0 Å². The van der Waals surface area contributed by atoms with Gasteiger partial charge in [0.15, 0.2) is 0 Å². The van der Waals surface area contributed by atoms with E-state index in [-0.39, 0.29) is 0 Å². The van der Waals surface area contributed by atoms with Gasteiger partial charge in [0.2, 0.25) is 0 Å². The molecule has 0 bridgehead atoms. The van der Waals surface area contributed by atoms with Crippen LogP contribution in [0.5, 0.6) is 0 Å². The lowest BCUT2D eigenvalue weighted by molar-refractivity contribution is 0.334. The first-order valence-electron chi connectivity index (χ1n) is 5.70. The average molecular weight is 204 g/mol. The Labute approximate surface area is 87.2 Å². The number of hydrogen-bond donors (Lipinski definition) is 1. The Balaban J connectivity index is 1.86. The molecule has 0 atom stereocenters. The van der Waals surface area contributed by atoms with Crippen molar-refractivity contribution >= 4 is 11.6 Å². The molecule has 1 fully saturated rings. The highest BCUT2D eigenvalue weighted by atomic mass is 35.5. The Morgan fingerprint density at radius 1 is 1.08 bits per heavy atom. The minimum absolute atomic E-state index is 0.788. The topological polar surface area (TPSA) is 12.0 Å². The van der Waals surface area contributed by atoms with Crippen LogP contribution in [-0.4, -0.2) is 19.0 Å². The number of alkyl halides is 1. The molecule has 0 aromatic carbocycles. The molecule has 1 rings (SSSR count). The second kappa shape index (κ2) is 7.64. The second-order valence-electron chi connectivity index (χ2n) is 4.09. The maximum absolute atomic E-state index is 5.59. The first kappa shape index (κ1) is 11.3. The fourth-order valence-corrected chi connectivity index (χ4v) is 2.23. The summed E-state index contributed by atoms with van der Waals surface area (Å²) in [5.74, 6) is 1.80. The van der Waals surface area contributed by atoms with Crippen LogP contribution in [0.3, 0.4) is 0 Å². The van der Waals surface area contributed by atoms with E-state index >= 15 is 0 Å². The zero-order valence-corrected chi connectivity index (χ0v) is 9.28. The highest BCUT2D eigenvalue weighted by Crippen LogP contribution is 2.25. The van der Waals surface area contributed by atoms with Gasteiger partial charge in [-0.25, -0.2) is 0 Å². The van der Waals surface area contributed by atoms with E-state index in [1.807, 2.05) is 0 Å². The Morgan fingerprint density at radius 2 is 1.85 bits per heavy atom. The SMILES string of the molecule is ClCCCNCCC1CCCCC1. The van der Waals surface area contributed by atoms with Gasteiger partial charge >= 0.3 is 0 Å². The zero-order valence-electron chi connectivity index (χ0n) is 8.53. The smallest absolute Gasteiger partial charge is 0.0235 e. The van der Waals surface area contributed by atoms with Gasteiger partial charge in [-0.15, -0.1) is 11.6 Å². The Hall–Kier alpha value is 0.250. The van der Waals surface area contributed by atoms with Gasteiger partial charge in [0.1, 0.15) is 0 Å². The number of hydrogen-bond acceptors (Lipinski definition) is 1. The molecule has 0 aliphatic heterocycles. The summed E-state index contributed by atoms with van der Waals surface area (Å²) >= 11 is 5.59. The van der Waals surface area contributed by atoms with Crippen LogP contribution in [0.2, 0.25) is 0 Å². The molecular formula is C11H22ClN. The summed E-state index contributed by atoms with van der Waals surface area (Å²) in [5.41, 5.74) is 0. The molecule has 0 radical (unpaired) electrons. The van der Waals surface area contributed by atoms with Crippen molar-refractivity contribution < 1.29 is 0 Å². The minimum atomic E-state index is 0.788. The first-order valence-corrected chi connectivity index (χ1v) is 6.23. The fraction of sp³-hybridized carbons (Fsp3) is 1.00. The van der Waals surface area contributed by atoms with Gasteiger partial charge in [-0.2, -0.15) is 0 Å². The summed E-state index contributed by atoms with van der Waals surface area (Å²) in [5, 5.41) is 3.45. The molecule has 0 unspecified atom stereocenters. The molecule has 1 aliphatic rings. The van der Waals surface area contributed by atoms with E-state index in [1.165, 1.54) is 45.1 Å². The van der Waals surface area contributed by atoms with Crippen molar-refractivity contribution in [2.45, 2.75) is 44.9 Å². The van der Waals surface area contributed by atoms with E-state index in [2.05, 4.69) is 5.32 Å². The zero-order chi connectivity index (χ0) is 9.36. The third kappa shape index (κ3) is 5.53. The van der Waals surface area contributed by atoms with Crippen molar-refractivity contribution in [3.63, 3.8) is 0 Å². The van der Waals surface area contributed by atoms with Crippen LogP contribution in [-0.2, 0) is 0 Å². The Bertz CT molecular complexity index is 111. The van der Waals surface area contributed by atoms with Gasteiger partial charge in [-0.05, 0) is 31.8 Å². The third-order valence-corrected chi connectivity index (χ3v) is 3.21. The molecule has 13 heavy (non-hydrogen) atoms. The normalized spacial score (nSPS) is 19.2. The van der Waals surface area contributed by atoms with E-state index in [1.54, 1.807) is 0 Å². The third-order valence-electron chi connectivity index (χ3n) is 2.94. The number of halogens is 1. The van der Waals surface area contributed by atoms with Gasteiger partial charge in [-0.3, -0.25) is 0 Å². The lowest BCUT2D eigenvalue weighted by atomic mass is 9.87. The minimum Gasteiger partial charge on any atom is -0.317 e. The van der Waals surface area contributed by atoms with Crippen LogP contribution >= 0.6 is 11.6 Å². The van der Waals surface area contributed by atoms with Gasteiger partial charge in [0.25, 0.3) is 0 Å². The maximum atomic E-state index is 5.59. The molecule has 0 saturated heterocycles. The molecule has 1 N–H and O–H groups in total. The van der Waals surface area contributed by atoms with Gasteiger partial charge in [-0.1, -0.05) is 32.1 Å². The summed E-state index contributed by atoms with van der Waals surface area (Å²) in [6, 6.07) is 0. The van der Waals surface area contributed by atoms with E-state index in [0.717, 1.165) is 24.8 Å². The summed E-state index contributed by atoms with van der Waals surface area (Å²) in [6.07, 6.45) is 9.82. The van der Waals surface area contributed by atoms with E-state index < -0.39 is 0 Å². The summed E-state index contributed by atoms with van der Waals surface area (Å²) in [7, 11) is 0. The molecule has 1 aliphatic carbocycles. The van der Waals surface area contributed by atoms with Gasteiger partial charge in [0.05, 0.1) is 0 Å². The van der Waals surface area contributed by atoms with Crippen LogP contribution in [0.1, 0.15) is 44.9 Å². The van der Waals surface area contributed by atoms with Gasteiger partial charge < -0.3 is 5.32 Å². The van der Waals surface area contributed by atoms with Crippen molar-refractivity contribution in [3.8, 4) is 0 Å². The van der Waals surface area contributed by atoms with Crippen molar-refractivity contribution in [3.05, 3.63) is 0 Å². The average Bonchev–Trinajstić information content (AvgIpc) is 2.19. The van der Waals surface area contributed by atoms with Crippen LogP contribution < -0.4 is 5.32 Å². The largest absolute Gasteiger partial charge is 0.317 e. The molecular weight excluding hydrogens is 182 g/mol. The molecule has 0 amide bonds. The van der Waals surface area contributed by atoms with Gasteiger partial charge in [0, 0.05) is 5.88 Å². The lowest BCUT2D eigenvalue weighted by Crippen LogP contribution is -2.20. The predicted molar refractivity (Wildman–Crippen MR) is 59.4 cm³/mol. The summed E-state index contributed by atoms with van der Waals surface area (Å²) < 4.78 is 0. The lowest BCUT2D eigenvalue weighted by Gasteiger charge is -2.21. The highest BCUT2D eigenvalue weighted by Gasteiger charge is 2.11. The Morgan fingerprint density at radius 3 is 2.54 bits per heavy atom. The molecule has 0 aromatic rings. The summed E-state index contributed by atoms with van der Waals surface area (Å²) in [6.45, 7) is 2.29.